The molecule has 4 nitrogen and oxygen atoms in total. The van der Waals surface area contributed by atoms with Crippen LogP contribution in [0.2, 0.25) is 0 Å². The van der Waals surface area contributed by atoms with Crippen molar-refractivity contribution >= 4 is 5.65 Å². The summed E-state index contributed by atoms with van der Waals surface area (Å²) in [6.07, 6.45) is 3.82. The van der Waals surface area contributed by atoms with Gasteiger partial charge in [-0.05, 0) is 12.1 Å². The van der Waals surface area contributed by atoms with Crippen LogP contribution in [0, 0.1) is 0 Å². The average Bonchev–Trinajstić information content (AvgIpc) is 2.59. The van der Waals surface area contributed by atoms with Crippen LogP contribution in [0.4, 0.5) is 0 Å². The number of hydrogen-bond donors (Lipinski definition) is 1. The number of ether oxygens (including phenoxy) is 1. The molecule has 0 radical (unpaired) electrons. The van der Waals surface area contributed by atoms with Crippen LogP contribution in [0.25, 0.3) is 5.65 Å². The lowest BCUT2D eigenvalue weighted by Gasteiger charge is -1.99. The van der Waals surface area contributed by atoms with E-state index in [9.17, 15) is 0 Å². The van der Waals surface area contributed by atoms with E-state index in [1.807, 2.05) is 28.9 Å². The van der Waals surface area contributed by atoms with Gasteiger partial charge in [0, 0.05) is 18.9 Å². The first kappa shape index (κ1) is 8.07. The molecule has 2 rings (SSSR count). The van der Waals surface area contributed by atoms with Crippen LogP contribution in [0.3, 0.4) is 0 Å². The molecule has 0 aliphatic heterocycles. The van der Waals surface area contributed by atoms with Gasteiger partial charge in [0.05, 0.1) is 12.8 Å². The van der Waals surface area contributed by atoms with Gasteiger partial charge in [0.25, 0.3) is 0 Å². The van der Waals surface area contributed by atoms with Gasteiger partial charge in [-0.1, -0.05) is 0 Å². The van der Waals surface area contributed by atoms with Crippen LogP contribution >= 0.6 is 0 Å². The Morgan fingerprint density at radius 1 is 1.62 bits per heavy atom. The van der Waals surface area contributed by atoms with E-state index in [0.29, 0.717) is 6.54 Å². The molecule has 4 heteroatoms. The zero-order valence-corrected chi connectivity index (χ0v) is 7.40. The van der Waals surface area contributed by atoms with Crippen LogP contribution in [-0.2, 0) is 6.54 Å². The number of hydrogen-bond acceptors (Lipinski definition) is 3. The van der Waals surface area contributed by atoms with E-state index in [1.54, 1.807) is 7.11 Å². The fraction of sp³-hybridized carbons (Fsp3) is 0.222. The van der Waals surface area contributed by atoms with Gasteiger partial charge in [-0.25, -0.2) is 4.98 Å². The maximum atomic E-state index is 5.49. The number of pyridine rings is 1. The molecule has 0 atom stereocenters. The fourth-order valence-corrected chi connectivity index (χ4v) is 1.30. The Labute approximate surface area is 76.0 Å². The van der Waals surface area contributed by atoms with Gasteiger partial charge >= 0.3 is 0 Å². The fourth-order valence-electron chi connectivity index (χ4n) is 1.30. The second-order valence-electron chi connectivity index (χ2n) is 2.74. The van der Waals surface area contributed by atoms with Crippen LogP contribution in [0.15, 0.2) is 24.5 Å². The number of aromatic nitrogens is 2. The standard InChI is InChI=1S/C9H11N3O/c1-13-8-3-2-4-12-6-7(5-10)11-9(8)12/h2-4,6H,5,10H2,1H3. The quantitative estimate of drug-likeness (QED) is 0.738. The van der Waals surface area contributed by atoms with Gasteiger partial charge in [0.1, 0.15) is 0 Å². The number of fused-ring (bicyclic) bond motifs is 1. The summed E-state index contributed by atoms with van der Waals surface area (Å²) in [5.41, 5.74) is 7.16. The molecule has 0 aromatic carbocycles. The first-order valence-corrected chi connectivity index (χ1v) is 4.06. The molecule has 2 heterocycles. The van der Waals surface area contributed by atoms with E-state index in [1.165, 1.54) is 0 Å². The minimum absolute atomic E-state index is 0.449. The minimum Gasteiger partial charge on any atom is -0.493 e. The third-order valence-corrected chi connectivity index (χ3v) is 1.93. The van der Waals surface area contributed by atoms with E-state index in [4.69, 9.17) is 10.5 Å². The second-order valence-corrected chi connectivity index (χ2v) is 2.74. The van der Waals surface area contributed by atoms with E-state index >= 15 is 0 Å². The first-order valence-electron chi connectivity index (χ1n) is 4.06. The van der Waals surface area contributed by atoms with E-state index < -0.39 is 0 Å². The highest BCUT2D eigenvalue weighted by atomic mass is 16.5. The summed E-state index contributed by atoms with van der Waals surface area (Å²) >= 11 is 0. The topological polar surface area (TPSA) is 52.5 Å². The minimum atomic E-state index is 0.449. The predicted molar refractivity (Wildman–Crippen MR) is 49.6 cm³/mol. The smallest absolute Gasteiger partial charge is 0.179 e. The maximum Gasteiger partial charge on any atom is 0.179 e. The Bertz CT molecular complexity index is 422. The van der Waals surface area contributed by atoms with Crippen LogP contribution < -0.4 is 10.5 Å². The molecular weight excluding hydrogens is 166 g/mol. The van der Waals surface area contributed by atoms with Crippen LogP contribution in [-0.4, -0.2) is 16.5 Å². The highest BCUT2D eigenvalue weighted by Gasteiger charge is 2.04. The largest absolute Gasteiger partial charge is 0.493 e. The van der Waals surface area contributed by atoms with Crippen molar-refractivity contribution in [3.63, 3.8) is 0 Å². The molecule has 0 saturated heterocycles. The summed E-state index contributed by atoms with van der Waals surface area (Å²) in [5.74, 6) is 0.766. The van der Waals surface area contributed by atoms with E-state index in [0.717, 1.165) is 17.1 Å². The van der Waals surface area contributed by atoms with Crippen molar-refractivity contribution in [3.8, 4) is 5.75 Å². The molecule has 0 bridgehead atoms. The molecule has 0 fully saturated rings. The predicted octanol–water partition coefficient (Wildman–Crippen LogP) is 0.802. The van der Waals surface area contributed by atoms with Crippen LogP contribution in [0.1, 0.15) is 5.69 Å². The molecule has 2 N–H and O–H groups in total. The van der Waals surface area contributed by atoms with Crippen molar-refractivity contribution in [2.45, 2.75) is 6.54 Å². The number of rotatable bonds is 2. The lowest BCUT2D eigenvalue weighted by atomic mass is 10.4. The zero-order chi connectivity index (χ0) is 9.26. The molecule has 0 saturated carbocycles. The van der Waals surface area contributed by atoms with Gasteiger partial charge in [0.2, 0.25) is 0 Å². The molecule has 68 valence electrons. The van der Waals surface area contributed by atoms with Gasteiger partial charge in [-0.2, -0.15) is 0 Å². The second kappa shape index (κ2) is 3.06. The Kier molecular flexibility index (Phi) is 1.90. The Balaban J connectivity index is 2.67. The van der Waals surface area contributed by atoms with Crippen molar-refractivity contribution in [1.29, 1.82) is 0 Å². The first-order chi connectivity index (χ1) is 6.35. The molecule has 2 aromatic rings. The van der Waals surface area contributed by atoms with Crippen molar-refractivity contribution < 1.29 is 4.74 Å². The Morgan fingerprint density at radius 2 is 2.46 bits per heavy atom. The lowest BCUT2D eigenvalue weighted by molar-refractivity contribution is 0.417. The average molecular weight is 177 g/mol. The number of methoxy groups -OCH3 is 1. The van der Waals surface area contributed by atoms with Gasteiger partial charge < -0.3 is 14.9 Å². The molecule has 0 aliphatic rings. The maximum absolute atomic E-state index is 5.49. The third-order valence-electron chi connectivity index (χ3n) is 1.93. The summed E-state index contributed by atoms with van der Waals surface area (Å²) in [5, 5.41) is 0. The monoisotopic (exact) mass is 177 g/mol. The van der Waals surface area contributed by atoms with Crippen molar-refractivity contribution in [3.05, 3.63) is 30.2 Å². The Hall–Kier alpha value is -1.55. The molecule has 0 unspecified atom stereocenters. The highest BCUT2D eigenvalue weighted by molar-refractivity contribution is 5.54. The summed E-state index contributed by atoms with van der Waals surface area (Å²) < 4.78 is 7.06. The van der Waals surface area contributed by atoms with Crippen LogP contribution in [0.5, 0.6) is 5.75 Å². The zero-order valence-electron chi connectivity index (χ0n) is 7.40. The summed E-state index contributed by atoms with van der Waals surface area (Å²) in [6.45, 7) is 0.449. The van der Waals surface area contributed by atoms with Crippen molar-refractivity contribution in [2.75, 3.05) is 7.11 Å². The molecule has 0 spiro atoms. The molecule has 2 aromatic heterocycles. The van der Waals surface area contributed by atoms with E-state index in [2.05, 4.69) is 4.98 Å². The molecule has 13 heavy (non-hydrogen) atoms. The van der Waals surface area contributed by atoms with Gasteiger partial charge in [0.15, 0.2) is 11.4 Å². The third kappa shape index (κ3) is 1.25. The molecule has 0 amide bonds. The molecule has 0 aliphatic carbocycles. The SMILES string of the molecule is COc1cccn2cc(CN)nc12. The normalized spacial score (nSPS) is 10.6. The van der Waals surface area contributed by atoms with Crippen molar-refractivity contribution in [1.82, 2.24) is 9.38 Å². The number of imidazole rings is 1. The van der Waals surface area contributed by atoms with Crippen molar-refractivity contribution in [2.24, 2.45) is 5.73 Å². The number of nitrogens with zero attached hydrogens (tertiary/aromatic N) is 2. The Morgan fingerprint density at radius 3 is 3.15 bits per heavy atom. The van der Waals surface area contributed by atoms with Gasteiger partial charge in [-0.15, -0.1) is 0 Å². The highest BCUT2D eigenvalue weighted by Crippen LogP contribution is 2.17. The van der Waals surface area contributed by atoms with E-state index in [-0.39, 0.29) is 0 Å². The number of nitrogens with two attached hydrogens (primary N) is 1. The lowest BCUT2D eigenvalue weighted by Crippen LogP contribution is -1.95. The summed E-state index contributed by atoms with van der Waals surface area (Å²) in [7, 11) is 1.63. The summed E-state index contributed by atoms with van der Waals surface area (Å²) in [6, 6.07) is 3.79. The molecular formula is C9H11N3O. The van der Waals surface area contributed by atoms with Gasteiger partial charge in [-0.3, -0.25) is 0 Å². The summed E-state index contributed by atoms with van der Waals surface area (Å²) in [4.78, 5) is 4.31.